The Labute approximate surface area is 209 Å². The first-order valence-corrected chi connectivity index (χ1v) is 13.5. The van der Waals surface area contributed by atoms with Crippen molar-refractivity contribution in [2.45, 2.75) is 50.6 Å². The van der Waals surface area contributed by atoms with Gasteiger partial charge in [-0.25, -0.2) is 8.42 Å². The molecule has 0 saturated heterocycles. The number of methoxy groups -OCH3 is 2. The number of rotatable bonds is 8. The molecule has 0 N–H and O–H groups in total. The van der Waals surface area contributed by atoms with E-state index in [1.54, 1.807) is 24.6 Å². The van der Waals surface area contributed by atoms with E-state index in [1.165, 1.54) is 0 Å². The number of benzene rings is 3. The summed E-state index contributed by atoms with van der Waals surface area (Å²) in [4.78, 5) is 2.44. The van der Waals surface area contributed by atoms with Crippen LogP contribution in [0.3, 0.4) is 0 Å². The number of anilines is 2. The fraction of sp³-hybridized carbons (Fsp3) is 0.357. The molecule has 186 valence electrons. The zero-order valence-electron chi connectivity index (χ0n) is 20.9. The molecule has 0 spiro atoms. The minimum Gasteiger partial charge on any atom is -0.497 e. The third-order valence-corrected chi connectivity index (χ3v) is 8.54. The van der Waals surface area contributed by atoms with Crippen LogP contribution in [0.2, 0.25) is 0 Å². The number of para-hydroxylation sites is 1. The molecule has 1 heterocycles. The SMILES string of the molecule is CCCC[C@@H]1CN(c2ccccc2)c2cc(OC)c(C)cc2S(=O)(=O)N1Cc1ccc(OC)cc1. The van der Waals surface area contributed by atoms with Crippen molar-refractivity contribution in [2.75, 3.05) is 25.7 Å². The molecule has 3 aromatic rings. The fourth-order valence-electron chi connectivity index (χ4n) is 4.66. The maximum Gasteiger partial charge on any atom is 0.245 e. The predicted molar refractivity (Wildman–Crippen MR) is 140 cm³/mol. The van der Waals surface area contributed by atoms with Crippen molar-refractivity contribution in [2.24, 2.45) is 0 Å². The average Bonchev–Trinajstić information content (AvgIpc) is 2.96. The van der Waals surface area contributed by atoms with Crippen LogP contribution in [0, 0.1) is 6.92 Å². The molecule has 0 radical (unpaired) electrons. The van der Waals surface area contributed by atoms with Gasteiger partial charge in [-0.15, -0.1) is 0 Å². The highest BCUT2D eigenvalue weighted by Crippen LogP contribution is 2.42. The van der Waals surface area contributed by atoms with Gasteiger partial charge in [0.05, 0.1) is 19.9 Å². The van der Waals surface area contributed by atoms with Gasteiger partial charge in [0, 0.05) is 30.9 Å². The van der Waals surface area contributed by atoms with Crippen LogP contribution in [0.4, 0.5) is 11.4 Å². The van der Waals surface area contributed by atoms with E-state index in [0.29, 0.717) is 29.4 Å². The summed E-state index contributed by atoms with van der Waals surface area (Å²) in [5, 5.41) is 0. The molecule has 1 aliphatic rings. The highest BCUT2D eigenvalue weighted by Gasteiger charge is 2.39. The van der Waals surface area contributed by atoms with Crippen molar-refractivity contribution in [3.05, 3.63) is 77.9 Å². The van der Waals surface area contributed by atoms with Gasteiger partial charge in [-0.05, 0) is 54.8 Å². The third-order valence-electron chi connectivity index (χ3n) is 6.61. The van der Waals surface area contributed by atoms with Crippen molar-refractivity contribution in [1.29, 1.82) is 0 Å². The largest absolute Gasteiger partial charge is 0.497 e. The Balaban J connectivity index is 1.88. The summed E-state index contributed by atoms with van der Waals surface area (Å²) in [5.74, 6) is 1.42. The van der Waals surface area contributed by atoms with Gasteiger partial charge in [0.1, 0.15) is 16.4 Å². The lowest BCUT2D eigenvalue weighted by atomic mass is 10.1. The Hall–Kier alpha value is -3.03. The first-order valence-electron chi connectivity index (χ1n) is 12.0. The zero-order chi connectivity index (χ0) is 25.0. The van der Waals surface area contributed by atoms with E-state index in [0.717, 1.165) is 41.8 Å². The molecule has 0 amide bonds. The number of hydrogen-bond acceptors (Lipinski definition) is 5. The maximum absolute atomic E-state index is 14.3. The molecular formula is C28H34N2O4S. The molecule has 0 aliphatic carbocycles. The summed E-state index contributed by atoms with van der Waals surface area (Å²) in [6, 6.07) is 21.0. The van der Waals surface area contributed by atoms with Crippen LogP contribution in [0.5, 0.6) is 11.5 Å². The van der Waals surface area contributed by atoms with Gasteiger partial charge in [0.15, 0.2) is 0 Å². The van der Waals surface area contributed by atoms with Crippen molar-refractivity contribution in [3.8, 4) is 11.5 Å². The summed E-state index contributed by atoms with van der Waals surface area (Å²) in [7, 11) is -0.553. The Morgan fingerprint density at radius 3 is 2.31 bits per heavy atom. The molecule has 1 aliphatic heterocycles. The van der Waals surface area contributed by atoms with Crippen LogP contribution < -0.4 is 14.4 Å². The van der Waals surface area contributed by atoms with Crippen molar-refractivity contribution in [1.82, 2.24) is 4.31 Å². The summed E-state index contributed by atoms with van der Waals surface area (Å²) < 4.78 is 41.1. The number of nitrogens with zero attached hydrogens (tertiary/aromatic N) is 2. The minimum atomic E-state index is -3.80. The summed E-state index contributed by atoms with van der Waals surface area (Å²) in [6.07, 6.45) is 2.72. The standard InChI is InChI=1S/C28H34N2O4S/c1-5-6-10-24-20-29(23-11-8-7-9-12-23)26-18-27(34-4)21(2)17-28(26)35(31,32)30(24)19-22-13-15-25(33-3)16-14-22/h7-9,11-18,24H,5-6,10,19-20H2,1-4H3/t24-/m1/s1. The van der Waals surface area contributed by atoms with Crippen LogP contribution in [0.1, 0.15) is 37.3 Å². The van der Waals surface area contributed by atoms with Gasteiger partial charge in [0.2, 0.25) is 10.0 Å². The van der Waals surface area contributed by atoms with E-state index in [9.17, 15) is 8.42 Å². The van der Waals surface area contributed by atoms with Gasteiger partial charge in [-0.3, -0.25) is 0 Å². The lowest BCUT2D eigenvalue weighted by Crippen LogP contribution is -2.43. The normalized spacial score (nSPS) is 17.5. The minimum absolute atomic E-state index is 0.194. The number of ether oxygens (including phenoxy) is 2. The lowest BCUT2D eigenvalue weighted by molar-refractivity contribution is 0.300. The monoisotopic (exact) mass is 494 g/mol. The number of aryl methyl sites for hydroxylation is 1. The van der Waals surface area contributed by atoms with Gasteiger partial charge in [0.25, 0.3) is 0 Å². The van der Waals surface area contributed by atoms with Gasteiger partial charge in [-0.2, -0.15) is 4.31 Å². The third kappa shape index (κ3) is 5.16. The summed E-state index contributed by atoms with van der Waals surface area (Å²) >= 11 is 0. The van der Waals surface area contributed by atoms with Crippen LogP contribution in [-0.2, 0) is 16.6 Å². The molecule has 0 bridgehead atoms. The second-order valence-corrected chi connectivity index (χ2v) is 10.8. The molecule has 35 heavy (non-hydrogen) atoms. The topological polar surface area (TPSA) is 59.1 Å². The number of unbranched alkanes of at least 4 members (excludes halogenated alkanes) is 1. The van der Waals surface area contributed by atoms with Crippen molar-refractivity contribution in [3.63, 3.8) is 0 Å². The Kier molecular flexibility index (Phi) is 7.67. The van der Waals surface area contributed by atoms with Crippen LogP contribution in [0.15, 0.2) is 71.6 Å². The van der Waals surface area contributed by atoms with Gasteiger partial charge >= 0.3 is 0 Å². The zero-order valence-corrected chi connectivity index (χ0v) is 21.7. The number of hydrogen-bond donors (Lipinski definition) is 0. The first-order chi connectivity index (χ1) is 16.9. The highest BCUT2D eigenvalue weighted by molar-refractivity contribution is 7.89. The van der Waals surface area contributed by atoms with Crippen LogP contribution >= 0.6 is 0 Å². The summed E-state index contributed by atoms with van der Waals surface area (Å²) in [5.41, 5.74) is 3.33. The first kappa shape index (κ1) is 25.1. The quantitative estimate of drug-likeness (QED) is 0.389. The van der Waals surface area contributed by atoms with Gasteiger partial charge < -0.3 is 14.4 Å². The van der Waals surface area contributed by atoms with Crippen molar-refractivity contribution < 1.29 is 17.9 Å². The predicted octanol–water partition coefficient (Wildman–Crippen LogP) is 5.91. The molecule has 0 unspecified atom stereocenters. The average molecular weight is 495 g/mol. The van der Waals surface area contributed by atoms with Crippen molar-refractivity contribution >= 4 is 21.4 Å². The van der Waals surface area contributed by atoms with E-state index < -0.39 is 10.0 Å². The smallest absolute Gasteiger partial charge is 0.245 e. The molecular weight excluding hydrogens is 460 g/mol. The molecule has 7 heteroatoms. The molecule has 3 aromatic carbocycles. The number of fused-ring (bicyclic) bond motifs is 1. The highest BCUT2D eigenvalue weighted by atomic mass is 32.2. The molecule has 0 fully saturated rings. The molecule has 4 rings (SSSR count). The fourth-order valence-corrected chi connectivity index (χ4v) is 6.56. The summed E-state index contributed by atoms with van der Waals surface area (Å²) in [6.45, 7) is 4.87. The van der Waals surface area contributed by atoms with E-state index in [1.807, 2.05) is 67.6 Å². The second kappa shape index (κ2) is 10.7. The molecule has 0 aromatic heterocycles. The maximum atomic E-state index is 14.3. The molecule has 0 saturated carbocycles. The van der Waals surface area contributed by atoms with E-state index in [4.69, 9.17) is 9.47 Å². The molecule has 1 atom stereocenters. The van der Waals surface area contributed by atoms with E-state index in [2.05, 4.69) is 11.8 Å². The second-order valence-electron chi connectivity index (χ2n) is 8.93. The van der Waals surface area contributed by atoms with Crippen LogP contribution in [-0.4, -0.2) is 39.5 Å². The van der Waals surface area contributed by atoms with E-state index >= 15 is 0 Å². The van der Waals surface area contributed by atoms with E-state index in [-0.39, 0.29) is 6.04 Å². The lowest BCUT2D eigenvalue weighted by Gasteiger charge is -2.31. The Morgan fingerprint density at radius 2 is 1.69 bits per heavy atom. The van der Waals surface area contributed by atoms with Crippen LogP contribution in [0.25, 0.3) is 0 Å². The molecule has 6 nitrogen and oxygen atoms in total. The Morgan fingerprint density at radius 1 is 0.971 bits per heavy atom. The Bertz CT molecular complexity index is 1240. The van der Waals surface area contributed by atoms with Gasteiger partial charge in [-0.1, -0.05) is 50.1 Å². The number of sulfonamides is 1.